The number of carbonyl (C=O) groups is 1. The summed E-state index contributed by atoms with van der Waals surface area (Å²) in [5.41, 5.74) is 5.22. The molecule has 160 valence electrons. The van der Waals surface area contributed by atoms with E-state index < -0.39 is 5.97 Å². The van der Waals surface area contributed by atoms with Gasteiger partial charge in [-0.05, 0) is 52.6 Å². The molecule has 0 aliphatic carbocycles. The van der Waals surface area contributed by atoms with Crippen LogP contribution in [0.15, 0.2) is 66.7 Å². The number of halogens is 1. The van der Waals surface area contributed by atoms with Crippen LogP contribution in [-0.4, -0.2) is 47.3 Å². The molecule has 1 fully saturated rings. The lowest BCUT2D eigenvalue weighted by Gasteiger charge is -2.36. The van der Waals surface area contributed by atoms with E-state index in [1.807, 2.05) is 18.2 Å². The lowest BCUT2D eigenvalue weighted by Crippen LogP contribution is -2.46. The lowest BCUT2D eigenvalue weighted by molar-refractivity contribution is 0.0693. The number of piperazine rings is 1. The van der Waals surface area contributed by atoms with Gasteiger partial charge in [-0.25, -0.2) is 4.79 Å². The van der Waals surface area contributed by atoms with Crippen LogP contribution in [0.1, 0.15) is 21.5 Å². The van der Waals surface area contributed by atoms with E-state index in [2.05, 4.69) is 46.2 Å². The van der Waals surface area contributed by atoms with Crippen LogP contribution < -0.4 is 4.90 Å². The van der Waals surface area contributed by atoms with Gasteiger partial charge in [0, 0.05) is 43.4 Å². The first-order valence-electron chi connectivity index (χ1n) is 10.3. The Balaban J connectivity index is 1.44. The molecule has 0 atom stereocenters. The molecular weight excluding hydrogens is 412 g/mol. The van der Waals surface area contributed by atoms with Crippen LogP contribution in [0, 0.1) is 0 Å². The summed E-state index contributed by atoms with van der Waals surface area (Å²) in [7, 11) is 0. The molecule has 1 saturated heterocycles. The topological polar surface area (TPSA) is 64.0 Å². The normalized spacial score (nSPS) is 14.6. The lowest BCUT2D eigenvalue weighted by atomic mass is 9.99. The molecule has 2 N–H and O–H groups in total. The number of aliphatic hydroxyl groups excluding tert-OH is 1. The summed E-state index contributed by atoms with van der Waals surface area (Å²) >= 11 is 6.05. The van der Waals surface area contributed by atoms with Crippen molar-refractivity contribution in [3.05, 3.63) is 88.4 Å². The number of hydrogen-bond acceptors (Lipinski definition) is 4. The second kappa shape index (κ2) is 9.52. The summed E-state index contributed by atoms with van der Waals surface area (Å²) in [5, 5.41) is 19.5. The van der Waals surface area contributed by atoms with E-state index in [0.717, 1.165) is 49.0 Å². The van der Waals surface area contributed by atoms with E-state index in [4.69, 9.17) is 11.6 Å². The molecule has 3 aromatic rings. The van der Waals surface area contributed by atoms with Crippen molar-refractivity contribution in [3.8, 4) is 11.1 Å². The third-order valence-electron chi connectivity index (χ3n) is 5.79. The first-order chi connectivity index (χ1) is 15.0. The molecule has 0 unspecified atom stereocenters. The largest absolute Gasteiger partial charge is 0.478 e. The van der Waals surface area contributed by atoms with Crippen LogP contribution in [-0.2, 0) is 13.2 Å². The Kier molecular flexibility index (Phi) is 6.56. The zero-order chi connectivity index (χ0) is 21.8. The van der Waals surface area contributed by atoms with Gasteiger partial charge < -0.3 is 15.1 Å². The van der Waals surface area contributed by atoms with Gasteiger partial charge in [-0.2, -0.15) is 0 Å². The highest BCUT2D eigenvalue weighted by Crippen LogP contribution is 2.27. The van der Waals surface area contributed by atoms with E-state index in [1.165, 1.54) is 11.1 Å². The average Bonchev–Trinajstić information content (AvgIpc) is 2.80. The predicted molar refractivity (Wildman–Crippen MR) is 124 cm³/mol. The molecule has 31 heavy (non-hydrogen) atoms. The molecule has 5 nitrogen and oxygen atoms in total. The number of nitrogens with zero attached hydrogens (tertiary/aromatic N) is 2. The second-order valence-corrected chi connectivity index (χ2v) is 8.17. The fourth-order valence-corrected chi connectivity index (χ4v) is 4.22. The molecule has 0 aromatic heterocycles. The third kappa shape index (κ3) is 4.90. The number of carboxylic acids is 1. The van der Waals surface area contributed by atoms with Crippen molar-refractivity contribution < 1.29 is 15.0 Å². The quantitative estimate of drug-likeness (QED) is 0.594. The van der Waals surface area contributed by atoms with Crippen molar-refractivity contribution in [2.24, 2.45) is 0 Å². The fraction of sp³-hybridized carbons (Fsp3) is 0.240. The second-order valence-electron chi connectivity index (χ2n) is 7.73. The average molecular weight is 437 g/mol. The predicted octanol–water partition coefficient (Wildman–Crippen LogP) is 4.52. The number of benzene rings is 3. The molecule has 0 bridgehead atoms. The number of hydrogen-bond donors (Lipinski definition) is 2. The van der Waals surface area contributed by atoms with Crippen molar-refractivity contribution in [2.45, 2.75) is 13.2 Å². The van der Waals surface area contributed by atoms with Crippen LogP contribution in [0.4, 0.5) is 5.69 Å². The van der Waals surface area contributed by atoms with Gasteiger partial charge in [-0.3, -0.25) is 4.90 Å². The number of carboxylic acid groups (broad SMARTS) is 1. The Hall–Kier alpha value is -2.86. The molecule has 1 aliphatic rings. The zero-order valence-corrected chi connectivity index (χ0v) is 17.9. The van der Waals surface area contributed by atoms with Gasteiger partial charge in [-0.1, -0.05) is 48.0 Å². The summed E-state index contributed by atoms with van der Waals surface area (Å²) in [6.45, 7) is 4.10. The van der Waals surface area contributed by atoms with E-state index in [9.17, 15) is 15.0 Å². The van der Waals surface area contributed by atoms with Crippen molar-refractivity contribution >= 4 is 23.3 Å². The highest BCUT2D eigenvalue weighted by Gasteiger charge is 2.20. The molecule has 4 rings (SSSR count). The number of aliphatic hydroxyl groups is 1. The highest BCUT2D eigenvalue weighted by atomic mass is 35.5. The molecule has 0 radical (unpaired) electrons. The van der Waals surface area contributed by atoms with E-state index >= 15 is 0 Å². The van der Waals surface area contributed by atoms with Gasteiger partial charge in [0.25, 0.3) is 0 Å². The monoisotopic (exact) mass is 436 g/mol. The number of rotatable bonds is 6. The van der Waals surface area contributed by atoms with Crippen LogP contribution in [0.2, 0.25) is 5.02 Å². The van der Waals surface area contributed by atoms with Crippen LogP contribution >= 0.6 is 11.6 Å². The molecular formula is C25H25ClN2O3. The summed E-state index contributed by atoms with van der Waals surface area (Å²) in [5.74, 6) is -1.01. The Morgan fingerprint density at radius 2 is 1.61 bits per heavy atom. The highest BCUT2D eigenvalue weighted by molar-refractivity contribution is 6.30. The van der Waals surface area contributed by atoms with Gasteiger partial charge in [-0.15, -0.1) is 0 Å². The molecule has 0 amide bonds. The Labute approximate surface area is 187 Å². The minimum absolute atomic E-state index is 0.156. The van der Waals surface area contributed by atoms with Crippen molar-refractivity contribution in [2.75, 3.05) is 31.1 Å². The Bertz CT molecular complexity index is 1060. The van der Waals surface area contributed by atoms with E-state index in [0.29, 0.717) is 5.56 Å². The van der Waals surface area contributed by atoms with Crippen molar-refractivity contribution in [1.82, 2.24) is 4.90 Å². The summed E-state index contributed by atoms with van der Waals surface area (Å²) in [6.07, 6.45) is 0. The molecule has 0 saturated carbocycles. The van der Waals surface area contributed by atoms with Gasteiger partial charge >= 0.3 is 5.97 Å². The minimum Gasteiger partial charge on any atom is -0.478 e. The zero-order valence-electron chi connectivity index (χ0n) is 17.2. The minimum atomic E-state index is -1.01. The van der Waals surface area contributed by atoms with E-state index in [1.54, 1.807) is 12.1 Å². The van der Waals surface area contributed by atoms with Gasteiger partial charge in [0.05, 0.1) is 12.2 Å². The maximum absolute atomic E-state index is 11.3. The van der Waals surface area contributed by atoms with Crippen molar-refractivity contribution in [3.63, 3.8) is 0 Å². The summed E-state index contributed by atoms with van der Waals surface area (Å²) in [4.78, 5) is 16.0. The smallest absolute Gasteiger partial charge is 0.336 e. The van der Waals surface area contributed by atoms with Gasteiger partial charge in [0.15, 0.2) is 0 Å². The third-order valence-corrected chi connectivity index (χ3v) is 6.05. The Morgan fingerprint density at radius 1 is 0.903 bits per heavy atom. The van der Waals surface area contributed by atoms with Crippen LogP contribution in [0.25, 0.3) is 11.1 Å². The molecule has 3 aromatic carbocycles. The summed E-state index contributed by atoms with van der Waals surface area (Å²) in [6, 6.07) is 21.6. The maximum atomic E-state index is 11.3. The standard InChI is InChI=1S/C25H25ClN2O3/c26-21-7-5-18(6-8-21)23-4-2-1-3-19(23)16-27-11-13-28(14-12-27)22-9-10-24(25(30)31)20(15-22)17-29/h1-10,15,29H,11-14,16-17H2,(H,30,31). The first kappa shape index (κ1) is 21.4. The SMILES string of the molecule is O=C(O)c1ccc(N2CCN(Cc3ccccc3-c3ccc(Cl)cc3)CC2)cc1CO. The van der Waals surface area contributed by atoms with Crippen LogP contribution in [0.3, 0.4) is 0 Å². The van der Waals surface area contributed by atoms with Gasteiger partial charge in [0.2, 0.25) is 0 Å². The van der Waals surface area contributed by atoms with Crippen LogP contribution in [0.5, 0.6) is 0 Å². The van der Waals surface area contributed by atoms with Gasteiger partial charge in [0.1, 0.15) is 0 Å². The summed E-state index contributed by atoms with van der Waals surface area (Å²) < 4.78 is 0. The Morgan fingerprint density at radius 3 is 2.29 bits per heavy atom. The van der Waals surface area contributed by atoms with E-state index in [-0.39, 0.29) is 12.2 Å². The molecule has 0 spiro atoms. The first-order valence-corrected chi connectivity index (χ1v) is 10.7. The number of anilines is 1. The fourth-order valence-electron chi connectivity index (χ4n) is 4.09. The van der Waals surface area contributed by atoms with Crippen molar-refractivity contribution in [1.29, 1.82) is 0 Å². The number of aromatic carboxylic acids is 1. The molecule has 1 aliphatic heterocycles. The molecule has 1 heterocycles. The maximum Gasteiger partial charge on any atom is 0.336 e. The molecule has 6 heteroatoms.